The lowest BCUT2D eigenvalue weighted by molar-refractivity contribution is 0.264. The first-order valence-electron chi connectivity index (χ1n) is 3.05. The Balaban J connectivity index is 2.45. The zero-order valence-electron chi connectivity index (χ0n) is 5.23. The summed E-state index contributed by atoms with van der Waals surface area (Å²) in [6.45, 7) is 0. The highest BCUT2D eigenvalue weighted by Crippen LogP contribution is 2.15. The van der Waals surface area contributed by atoms with Gasteiger partial charge in [-0.1, -0.05) is 0 Å². The van der Waals surface area contributed by atoms with E-state index in [4.69, 9.17) is 0 Å². The van der Waals surface area contributed by atoms with E-state index in [-0.39, 0.29) is 0 Å². The van der Waals surface area contributed by atoms with Crippen LogP contribution in [0.15, 0.2) is 33.9 Å². The van der Waals surface area contributed by atoms with Crippen LogP contribution in [0.5, 0.6) is 0 Å². The average Bonchev–Trinajstić information content (AvgIpc) is 2.36. The van der Waals surface area contributed by atoms with Crippen LogP contribution >= 0.6 is 0 Å². The molecule has 2 aliphatic heterocycles. The normalized spacial score (nSPS) is 27.9. The van der Waals surface area contributed by atoms with E-state index < -0.39 is 6.10 Å². The van der Waals surface area contributed by atoms with E-state index in [1.165, 1.54) is 0 Å². The predicted octanol–water partition coefficient (Wildman–Crippen LogP) is 0.284. The van der Waals surface area contributed by atoms with Crippen molar-refractivity contribution >= 4 is 12.1 Å². The minimum atomic E-state index is -0.519. The van der Waals surface area contributed by atoms with Gasteiger partial charge in [0.1, 0.15) is 6.10 Å². The van der Waals surface area contributed by atoms with Crippen LogP contribution in [-0.2, 0) is 0 Å². The van der Waals surface area contributed by atoms with Gasteiger partial charge in [0.15, 0.2) is 5.84 Å². The molecule has 2 heterocycles. The monoisotopic (exact) mass is 134 g/mol. The van der Waals surface area contributed by atoms with E-state index in [1.54, 1.807) is 24.6 Å². The molecule has 0 saturated carbocycles. The van der Waals surface area contributed by atoms with Crippen LogP contribution < -0.4 is 0 Å². The topological polar surface area (TPSA) is 45.0 Å². The molecule has 1 N–H and O–H groups in total. The molecule has 0 amide bonds. The lowest BCUT2D eigenvalue weighted by Crippen LogP contribution is -2.14. The van der Waals surface area contributed by atoms with Gasteiger partial charge in [-0.3, -0.25) is 0 Å². The van der Waals surface area contributed by atoms with Crippen LogP contribution in [0.1, 0.15) is 0 Å². The molecule has 0 saturated heterocycles. The van der Waals surface area contributed by atoms with Crippen LogP contribution in [0.2, 0.25) is 0 Å². The molecule has 50 valence electrons. The van der Waals surface area contributed by atoms with Gasteiger partial charge in [-0.05, 0) is 12.2 Å². The number of hydrogen-bond donors (Lipinski definition) is 1. The molecule has 10 heavy (non-hydrogen) atoms. The molecule has 2 rings (SSSR count). The highest BCUT2D eigenvalue weighted by Gasteiger charge is 2.18. The minimum Gasteiger partial charge on any atom is -0.384 e. The second-order valence-corrected chi connectivity index (χ2v) is 2.14. The summed E-state index contributed by atoms with van der Waals surface area (Å²) in [7, 11) is 0. The van der Waals surface area contributed by atoms with Crippen LogP contribution in [0.25, 0.3) is 0 Å². The van der Waals surface area contributed by atoms with E-state index in [1.807, 2.05) is 0 Å². The van der Waals surface area contributed by atoms with Crippen molar-refractivity contribution in [2.24, 2.45) is 9.98 Å². The van der Waals surface area contributed by atoms with Crippen molar-refractivity contribution in [2.75, 3.05) is 0 Å². The number of aliphatic hydroxyl groups excluding tert-OH is 1. The summed E-state index contributed by atoms with van der Waals surface area (Å²) in [5.41, 5.74) is 0.794. The number of amidine groups is 1. The number of rotatable bonds is 0. The summed E-state index contributed by atoms with van der Waals surface area (Å²) in [4.78, 5) is 7.88. The second kappa shape index (κ2) is 1.88. The van der Waals surface area contributed by atoms with Crippen molar-refractivity contribution in [3.63, 3.8) is 0 Å². The molecule has 0 aromatic rings. The molecule has 0 radical (unpaired) electrons. The number of allylic oxidation sites excluding steroid dienone is 1. The van der Waals surface area contributed by atoms with E-state index >= 15 is 0 Å². The lowest BCUT2D eigenvalue weighted by atomic mass is 10.1. The number of aliphatic imine (C=N–C) groups is 2. The molecule has 3 nitrogen and oxygen atoms in total. The fourth-order valence-electron chi connectivity index (χ4n) is 0.975. The van der Waals surface area contributed by atoms with Crippen molar-refractivity contribution in [1.29, 1.82) is 0 Å². The summed E-state index contributed by atoms with van der Waals surface area (Å²) in [5.74, 6) is 0.634. The van der Waals surface area contributed by atoms with Gasteiger partial charge >= 0.3 is 0 Å². The van der Waals surface area contributed by atoms with Gasteiger partial charge in [-0.25, -0.2) is 9.98 Å². The third-order valence-corrected chi connectivity index (χ3v) is 1.49. The first kappa shape index (κ1) is 5.56. The second-order valence-electron chi connectivity index (χ2n) is 2.14. The summed E-state index contributed by atoms with van der Waals surface area (Å²) in [5, 5.41) is 9.26. The molecule has 0 aliphatic carbocycles. The van der Waals surface area contributed by atoms with Crippen molar-refractivity contribution in [3.8, 4) is 0 Å². The van der Waals surface area contributed by atoms with Crippen molar-refractivity contribution in [3.05, 3.63) is 23.9 Å². The zero-order valence-corrected chi connectivity index (χ0v) is 5.23. The molecule has 0 aromatic heterocycles. The zero-order chi connectivity index (χ0) is 6.97. The predicted molar refractivity (Wildman–Crippen MR) is 39.2 cm³/mol. The SMILES string of the molecule is O[C@H]1C=CN=C2N=CC=C21. The Morgan fingerprint density at radius 1 is 1.50 bits per heavy atom. The minimum absolute atomic E-state index is 0.519. The van der Waals surface area contributed by atoms with Gasteiger partial charge < -0.3 is 5.11 Å². The molecule has 0 bridgehead atoms. The van der Waals surface area contributed by atoms with E-state index in [0.717, 1.165) is 5.57 Å². The molecular weight excluding hydrogens is 128 g/mol. The molecule has 0 fully saturated rings. The Kier molecular flexibility index (Phi) is 1.05. The largest absolute Gasteiger partial charge is 0.384 e. The summed E-state index contributed by atoms with van der Waals surface area (Å²) in [6, 6.07) is 0. The highest BCUT2D eigenvalue weighted by molar-refractivity contribution is 6.12. The Hall–Kier alpha value is -1.22. The van der Waals surface area contributed by atoms with Crippen LogP contribution in [-0.4, -0.2) is 23.3 Å². The van der Waals surface area contributed by atoms with E-state index in [2.05, 4.69) is 9.98 Å². The molecule has 0 spiro atoms. The molecule has 0 unspecified atom stereocenters. The van der Waals surface area contributed by atoms with E-state index in [9.17, 15) is 5.11 Å². The van der Waals surface area contributed by atoms with Crippen molar-refractivity contribution in [2.45, 2.75) is 6.10 Å². The quantitative estimate of drug-likeness (QED) is 0.508. The van der Waals surface area contributed by atoms with Crippen LogP contribution in [0, 0.1) is 0 Å². The van der Waals surface area contributed by atoms with Crippen molar-refractivity contribution < 1.29 is 5.11 Å². The first-order valence-corrected chi connectivity index (χ1v) is 3.05. The Morgan fingerprint density at radius 3 is 3.20 bits per heavy atom. The lowest BCUT2D eigenvalue weighted by Gasteiger charge is -2.09. The maximum Gasteiger partial charge on any atom is 0.157 e. The molecule has 0 aromatic carbocycles. The summed E-state index contributed by atoms with van der Waals surface area (Å²) < 4.78 is 0. The third-order valence-electron chi connectivity index (χ3n) is 1.49. The highest BCUT2D eigenvalue weighted by atomic mass is 16.3. The van der Waals surface area contributed by atoms with Gasteiger partial charge in [-0.15, -0.1) is 0 Å². The maximum absolute atomic E-state index is 9.26. The fraction of sp³-hybridized carbons (Fsp3) is 0.143. The summed E-state index contributed by atoms with van der Waals surface area (Å²) in [6.07, 6.45) is 6.09. The van der Waals surface area contributed by atoms with Gasteiger partial charge in [0.2, 0.25) is 0 Å². The fourth-order valence-corrected chi connectivity index (χ4v) is 0.975. The smallest absolute Gasteiger partial charge is 0.157 e. The standard InChI is InChI=1S/C7H6N2O/c10-6-2-4-9-7-5(6)1-3-8-7/h1-4,6,10H/t6-/m0/s1. The summed E-state index contributed by atoms with van der Waals surface area (Å²) >= 11 is 0. The van der Waals surface area contributed by atoms with Gasteiger partial charge in [0, 0.05) is 18.0 Å². The van der Waals surface area contributed by atoms with Gasteiger partial charge in [0.05, 0.1) is 0 Å². The maximum atomic E-state index is 9.26. The molecular formula is C7H6N2O. The van der Waals surface area contributed by atoms with Crippen LogP contribution in [0.3, 0.4) is 0 Å². The third kappa shape index (κ3) is 0.642. The van der Waals surface area contributed by atoms with Gasteiger partial charge in [-0.2, -0.15) is 0 Å². The number of fused-ring (bicyclic) bond motifs is 1. The first-order chi connectivity index (χ1) is 4.88. The number of nitrogens with zero attached hydrogens (tertiary/aromatic N) is 2. The van der Waals surface area contributed by atoms with Crippen molar-refractivity contribution in [1.82, 2.24) is 0 Å². The van der Waals surface area contributed by atoms with E-state index in [0.29, 0.717) is 5.84 Å². The Labute approximate surface area is 58.1 Å². The van der Waals surface area contributed by atoms with Crippen LogP contribution in [0.4, 0.5) is 0 Å². The number of aliphatic hydroxyl groups is 1. The number of hydrogen-bond acceptors (Lipinski definition) is 3. The van der Waals surface area contributed by atoms with Gasteiger partial charge in [0.25, 0.3) is 0 Å². The average molecular weight is 134 g/mol. The Morgan fingerprint density at radius 2 is 2.40 bits per heavy atom. The molecule has 1 atom stereocenters. The molecule has 2 aliphatic rings. The Bertz CT molecular complexity index is 273. The molecule has 3 heteroatoms.